The predicted molar refractivity (Wildman–Crippen MR) is 63.1 cm³/mol. The second-order valence-corrected chi connectivity index (χ2v) is 4.68. The van der Waals surface area contributed by atoms with E-state index in [1.54, 1.807) is 18.9 Å². The van der Waals surface area contributed by atoms with Crippen LogP contribution in [0.3, 0.4) is 0 Å². The molecule has 0 heterocycles. The summed E-state index contributed by atoms with van der Waals surface area (Å²) in [7, 11) is 1.65. The third-order valence-electron chi connectivity index (χ3n) is 1.86. The third kappa shape index (κ3) is 8.72. The molecule has 0 aromatic rings. The van der Waals surface area contributed by atoms with E-state index in [0.29, 0.717) is 13.2 Å². The lowest BCUT2D eigenvalue weighted by atomic mass is 10.4. The van der Waals surface area contributed by atoms with Crippen LogP contribution in [0.25, 0.3) is 0 Å². The molecule has 4 nitrogen and oxygen atoms in total. The number of nitrogens with one attached hydrogen (secondary N) is 1. The van der Waals surface area contributed by atoms with Crippen LogP contribution in [0.5, 0.6) is 0 Å². The standard InChI is InChI=1S/C10H21NO3S/c1-9(15-8-4-6-12)10(13)11-5-3-7-14-2/h9,12H,3-8H2,1-2H3,(H,11,13). The molecule has 0 spiro atoms. The van der Waals surface area contributed by atoms with E-state index in [1.165, 1.54) is 0 Å². The molecule has 0 aromatic heterocycles. The maximum Gasteiger partial charge on any atom is 0.232 e. The van der Waals surface area contributed by atoms with Crippen molar-refractivity contribution in [2.75, 3.05) is 32.6 Å². The van der Waals surface area contributed by atoms with Crippen molar-refractivity contribution in [1.29, 1.82) is 0 Å². The number of carbonyl (C=O) groups is 1. The Morgan fingerprint density at radius 2 is 2.27 bits per heavy atom. The van der Waals surface area contributed by atoms with Gasteiger partial charge in [-0.25, -0.2) is 0 Å². The van der Waals surface area contributed by atoms with Crippen LogP contribution in [0.15, 0.2) is 0 Å². The van der Waals surface area contributed by atoms with Crippen LogP contribution in [-0.4, -0.2) is 48.9 Å². The number of carbonyl (C=O) groups excluding carboxylic acids is 1. The van der Waals surface area contributed by atoms with Crippen LogP contribution in [0, 0.1) is 0 Å². The van der Waals surface area contributed by atoms with E-state index in [-0.39, 0.29) is 17.8 Å². The molecule has 0 aliphatic carbocycles. The summed E-state index contributed by atoms with van der Waals surface area (Å²) in [5, 5.41) is 11.4. The van der Waals surface area contributed by atoms with Crippen molar-refractivity contribution in [1.82, 2.24) is 5.32 Å². The zero-order valence-corrected chi connectivity index (χ0v) is 10.3. The van der Waals surface area contributed by atoms with Crippen molar-refractivity contribution in [3.63, 3.8) is 0 Å². The van der Waals surface area contributed by atoms with E-state index in [9.17, 15) is 4.79 Å². The summed E-state index contributed by atoms with van der Waals surface area (Å²) in [6.45, 7) is 3.41. The normalized spacial score (nSPS) is 12.5. The molecule has 5 heteroatoms. The Labute approximate surface area is 95.8 Å². The van der Waals surface area contributed by atoms with Gasteiger partial charge in [-0.2, -0.15) is 0 Å². The molecule has 0 aliphatic rings. The first-order valence-corrected chi connectivity index (χ1v) is 6.26. The van der Waals surface area contributed by atoms with E-state index >= 15 is 0 Å². The van der Waals surface area contributed by atoms with Gasteiger partial charge in [-0.15, -0.1) is 11.8 Å². The van der Waals surface area contributed by atoms with E-state index in [1.807, 2.05) is 6.92 Å². The van der Waals surface area contributed by atoms with Gasteiger partial charge in [-0.3, -0.25) is 4.79 Å². The molecule has 0 fully saturated rings. The average molecular weight is 235 g/mol. The van der Waals surface area contributed by atoms with Gasteiger partial charge in [0, 0.05) is 26.9 Å². The quantitative estimate of drug-likeness (QED) is 0.576. The summed E-state index contributed by atoms with van der Waals surface area (Å²) in [6.07, 6.45) is 1.59. The smallest absolute Gasteiger partial charge is 0.232 e. The molecule has 1 atom stereocenters. The van der Waals surface area contributed by atoms with Crippen LogP contribution >= 0.6 is 11.8 Å². The highest BCUT2D eigenvalue weighted by atomic mass is 32.2. The molecular weight excluding hydrogens is 214 g/mol. The average Bonchev–Trinajstić information content (AvgIpc) is 2.24. The van der Waals surface area contributed by atoms with Crippen LogP contribution in [-0.2, 0) is 9.53 Å². The maximum atomic E-state index is 11.5. The number of hydrogen-bond acceptors (Lipinski definition) is 4. The number of aliphatic hydroxyl groups is 1. The number of rotatable bonds is 9. The minimum absolute atomic E-state index is 0.0425. The SMILES string of the molecule is COCCCNC(=O)C(C)SCCCO. The monoisotopic (exact) mass is 235 g/mol. The Morgan fingerprint density at radius 1 is 1.53 bits per heavy atom. The molecule has 15 heavy (non-hydrogen) atoms. The first kappa shape index (κ1) is 14.7. The maximum absolute atomic E-state index is 11.5. The van der Waals surface area contributed by atoms with Gasteiger partial charge in [0.1, 0.15) is 0 Å². The zero-order chi connectivity index (χ0) is 11.5. The lowest BCUT2D eigenvalue weighted by molar-refractivity contribution is -0.120. The number of methoxy groups -OCH3 is 1. The minimum Gasteiger partial charge on any atom is -0.396 e. The molecule has 2 N–H and O–H groups in total. The lowest BCUT2D eigenvalue weighted by Gasteiger charge is -2.11. The molecule has 0 aromatic carbocycles. The highest BCUT2D eigenvalue weighted by Crippen LogP contribution is 2.11. The minimum atomic E-state index is -0.0425. The first-order valence-electron chi connectivity index (χ1n) is 5.21. The molecule has 1 unspecified atom stereocenters. The van der Waals surface area contributed by atoms with Gasteiger partial charge in [0.2, 0.25) is 5.91 Å². The molecule has 0 rings (SSSR count). The molecule has 0 aliphatic heterocycles. The summed E-state index contributed by atoms with van der Waals surface area (Å²) >= 11 is 1.57. The lowest BCUT2D eigenvalue weighted by Crippen LogP contribution is -2.32. The number of amides is 1. The van der Waals surface area contributed by atoms with Crippen molar-refractivity contribution in [2.24, 2.45) is 0 Å². The molecule has 90 valence electrons. The highest BCUT2D eigenvalue weighted by Gasteiger charge is 2.11. The highest BCUT2D eigenvalue weighted by molar-refractivity contribution is 8.00. The fraction of sp³-hybridized carbons (Fsp3) is 0.900. The Morgan fingerprint density at radius 3 is 2.87 bits per heavy atom. The zero-order valence-electron chi connectivity index (χ0n) is 9.49. The summed E-state index contributed by atoms with van der Waals surface area (Å²) < 4.78 is 4.88. The van der Waals surface area contributed by atoms with Crippen molar-refractivity contribution in [3.05, 3.63) is 0 Å². The van der Waals surface area contributed by atoms with Gasteiger partial charge >= 0.3 is 0 Å². The van der Waals surface area contributed by atoms with Gasteiger partial charge in [-0.05, 0) is 25.5 Å². The molecular formula is C10H21NO3S. The second kappa shape index (κ2) is 10.3. The Bertz CT molecular complexity index is 167. The largest absolute Gasteiger partial charge is 0.396 e. The van der Waals surface area contributed by atoms with E-state index in [4.69, 9.17) is 9.84 Å². The summed E-state index contributed by atoms with van der Waals surface area (Å²) in [5.74, 6) is 0.887. The number of aliphatic hydroxyl groups excluding tert-OH is 1. The van der Waals surface area contributed by atoms with Crippen LogP contribution < -0.4 is 5.32 Å². The van der Waals surface area contributed by atoms with Gasteiger partial charge in [0.25, 0.3) is 0 Å². The van der Waals surface area contributed by atoms with E-state index in [2.05, 4.69) is 5.32 Å². The molecule has 0 saturated carbocycles. The van der Waals surface area contributed by atoms with Crippen molar-refractivity contribution in [2.45, 2.75) is 25.0 Å². The number of hydrogen-bond donors (Lipinski definition) is 2. The molecule has 0 radical (unpaired) electrons. The Kier molecular flexibility index (Phi) is 10.1. The Balaban J connectivity index is 3.42. The predicted octanol–water partition coefficient (Wildman–Crippen LogP) is 0.643. The third-order valence-corrected chi connectivity index (χ3v) is 3.10. The van der Waals surface area contributed by atoms with Crippen molar-refractivity contribution >= 4 is 17.7 Å². The second-order valence-electron chi connectivity index (χ2n) is 3.23. The van der Waals surface area contributed by atoms with Crippen molar-refractivity contribution in [3.8, 4) is 0 Å². The first-order chi connectivity index (χ1) is 7.22. The van der Waals surface area contributed by atoms with Crippen LogP contribution in [0.1, 0.15) is 19.8 Å². The van der Waals surface area contributed by atoms with Crippen molar-refractivity contribution < 1.29 is 14.6 Å². The topological polar surface area (TPSA) is 58.6 Å². The fourth-order valence-corrected chi connectivity index (χ4v) is 1.86. The van der Waals surface area contributed by atoms with Gasteiger partial charge < -0.3 is 15.2 Å². The van der Waals surface area contributed by atoms with E-state index < -0.39 is 0 Å². The summed E-state index contributed by atoms with van der Waals surface area (Å²) in [5.41, 5.74) is 0. The van der Waals surface area contributed by atoms with E-state index in [0.717, 1.165) is 18.6 Å². The molecule has 0 saturated heterocycles. The molecule has 1 amide bonds. The van der Waals surface area contributed by atoms with Gasteiger partial charge in [-0.1, -0.05) is 0 Å². The Hall–Kier alpha value is -0.260. The van der Waals surface area contributed by atoms with Crippen LogP contribution in [0.2, 0.25) is 0 Å². The molecule has 0 bridgehead atoms. The van der Waals surface area contributed by atoms with Gasteiger partial charge in [0.05, 0.1) is 5.25 Å². The van der Waals surface area contributed by atoms with Crippen LogP contribution in [0.4, 0.5) is 0 Å². The fourth-order valence-electron chi connectivity index (χ4n) is 0.972. The summed E-state index contributed by atoms with van der Waals surface area (Å²) in [6, 6.07) is 0. The number of ether oxygens (including phenoxy) is 1. The summed E-state index contributed by atoms with van der Waals surface area (Å²) in [4.78, 5) is 11.5. The number of thioether (sulfide) groups is 1. The van der Waals surface area contributed by atoms with Gasteiger partial charge in [0.15, 0.2) is 0 Å².